The van der Waals surface area contributed by atoms with Crippen LogP contribution in [-0.2, 0) is 6.54 Å². The van der Waals surface area contributed by atoms with Gasteiger partial charge in [0.15, 0.2) is 17.5 Å². The fourth-order valence-corrected chi connectivity index (χ4v) is 2.72. The maximum atomic E-state index is 9.88. The van der Waals surface area contributed by atoms with Crippen molar-refractivity contribution in [2.24, 2.45) is 10.7 Å². The Morgan fingerprint density at radius 1 is 1.22 bits per heavy atom. The highest BCUT2D eigenvalue weighted by Crippen LogP contribution is 2.37. The SMILES string of the molecule is COc1cc(CN=C(N)NC2CCCCC2)cc(OC)c1O.I. The van der Waals surface area contributed by atoms with Gasteiger partial charge in [0.25, 0.3) is 0 Å². The highest BCUT2D eigenvalue weighted by Gasteiger charge is 2.14. The Hall–Kier alpha value is -1.38. The Morgan fingerprint density at radius 2 is 1.78 bits per heavy atom. The molecule has 1 aliphatic rings. The first-order valence-corrected chi connectivity index (χ1v) is 7.64. The van der Waals surface area contributed by atoms with Gasteiger partial charge in [-0.15, -0.1) is 24.0 Å². The Kier molecular flexibility index (Phi) is 8.29. The number of nitrogens with one attached hydrogen (secondary N) is 1. The van der Waals surface area contributed by atoms with E-state index < -0.39 is 0 Å². The highest BCUT2D eigenvalue weighted by atomic mass is 127. The molecule has 0 saturated heterocycles. The van der Waals surface area contributed by atoms with Crippen LogP contribution in [0.15, 0.2) is 17.1 Å². The minimum Gasteiger partial charge on any atom is -0.502 e. The topological polar surface area (TPSA) is 89.1 Å². The normalized spacial score (nSPS) is 15.7. The van der Waals surface area contributed by atoms with Crippen LogP contribution < -0.4 is 20.5 Å². The van der Waals surface area contributed by atoms with Crippen molar-refractivity contribution >= 4 is 29.9 Å². The van der Waals surface area contributed by atoms with E-state index in [4.69, 9.17) is 15.2 Å². The summed E-state index contributed by atoms with van der Waals surface area (Å²) in [4.78, 5) is 4.36. The molecule has 23 heavy (non-hydrogen) atoms. The van der Waals surface area contributed by atoms with Gasteiger partial charge < -0.3 is 25.6 Å². The van der Waals surface area contributed by atoms with Crippen molar-refractivity contribution in [3.8, 4) is 17.2 Å². The van der Waals surface area contributed by atoms with E-state index in [1.54, 1.807) is 12.1 Å². The molecule has 7 heteroatoms. The van der Waals surface area contributed by atoms with E-state index in [0.29, 0.717) is 30.0 Å². The van der Waals surface area contributed by atoms with E-state index in [9.17, 15) is 5.11 Å². The lowest BCUT2D eigenvalue weighted by Crippen LogP contribution is -2.41. The van der Waals surface area contributed by atoms with Gasteiger partial charge in [-0.25, -0.2) is 4.99 Å². The van der Waals surface area contributed by atoms with Crippen LogP contribution in [0.2, 0.25) is 0 Å². The molecule has 0 bridgehead atoms. The molecule has 6 nitrogen and oxygen atoms in total. The second-order valence-electron chi connectivity index (χ2n) is 5.53. The van der Waals surface area contributed by atoms with Crippen LogP contribution >= 0.6 is 24.0 Å². The first kappa shape index (κ1) is 19.7. The molecule has 0 heterocycles. The van der Waals surface area contributed by atoms with Crippen molar-refractivity contribution in [3.05, 3.63) is 17.7 Å². The van der Waals surface area contributed by atoms with Gasteiger partial charge >= 0.3 is 0 Å². The van der Waals surface area contributed by atoms with Crippen molar-refractivity contribution in [2.45, 2.75) is 44.7 Å². The van der Waals surface area contributed by atoms with Crippen LogP contribution in [-0.4, -0.2) is 31.3 Å². The zero-order valence-corrected chi connectivity index (χ0v) is 16.0. The van der Waals surface area contributed by atoms with Crippen molar-refractivity contribution in [2.75, 3.05) is 14.2 Å². The lowest BCUT2D eigenvalue weighted by molar-refractivity contribution is 0.339. The monoisotopic (exact) mass is 435 g/mol. The summed E-state index contributed by atoms with van der Waals surface area (Å²) >= 11 is 0. The summed E-state index contributed by atoms with van der Waals surface area (Å²) in [5.41, 5.74) is 6.81. The Bertz CT molecular complexity index is 506. The average molecular weight is 435 g/mol. The molecule has 1 saturated carbocycles. The van der Waals surface area contributed by atoms with Crippen molar-refractivity contribution in [1.82, 2.24) is 5.32 Å². The average Bonchev–Trinajstić information content (AvgIpc) is 2.54. The van der Waals surface area contributed by atoms with Crippen molar-refractivity contribution < 1.29 is 14.6 Å². The molecule has 0 unspecified atom stereocenters. The molecule has 1 aromatic carbocycles. The summed E-state index contributed by atoms with van der Waals surface area (Å²) in [6.45, 7) is 0.401. The third-order valence-corrected chi connectivity index (χ3v) is 3.93. The number of aliphatic imine (C=N–C) groups is 1. The molecule has 1 aliphatic carbocycles. The molecule has 2 rings (SSSR count). The minimum atomic E-state index is -0.00830. The standard InChI is InChI=1S/C16H25N3O3.HI/c1-21-13-8-11(9-14(22-2)15(13)20)10-18-16(17)19-12-6-4-3-5-7-12;/h8-9,12,20H,3-7,10H2,1-2H3,(H3,17,18,19);1H. The number of rotatable bonds is 5. The van der Waals surface area contributed by atoms with E-state index in [-0.39, 0.29) is 29.7 Å². The second kappa shape index (κ2) is 9.69. The van der Waals surface area contributed by atoms with E-state index in [1.165, 1.54) is 33.5 Å². The second-order valence-corrected chi connectivity index (χ2v) is 5.53. The minimum absolute atomic E-state index is 0. The summed E-state index contributed by atoms with van der Waals surface area (Å²) in [6.07, 6.45) is 6.10. The Morgan fingerprint density at radius 3 is 2.30 bits per heavy atom. The number of ether oxygens (including phenoxy) is 2. The molecule has 0 aliphatic heterocycles. The number of methoxy groups -OCH3 is 2. The van der Waals surface area contributed by atoms with Gasteiger partial charge in [0.2, 0.25) is 5.75 Å². The number of halogens is 1. The number of hydrogen-bond donors (Lipinski definition) is 3. The molecular weight excluding hydrogens is 409 g/mol. The summed E-state index contributed by atoms with van der Waals surface area (Å²) in [5, 5.41) is 13.2. The van der Waals surface area contributed by atoms with Crippen molar-refractivity contribution in [1.29, 1.82) is 0 Å². The third-order valence-electron chi connectivity index (χ3n) is 3.93. The van der Waals surface area contributed by atoms with Gasteiger partial charge in [0.1, 0.15) is 0 Å². The molecule has 0 amide bonds. The Labute approximate surface area is 154 Å². The zero-order valence-electron chi connectivity index (χ0n) is 13.7. The van der Waals surface area contributed by atoms with Crippen molar-refractivity contribution in [3.63, 3.8) is 0 Å². The van der Waals surface area contributed by atoms with Crippen LogP contribution in [0.5, 0.6) is 17.2 Å². The van der Waals surface area contributed by atoms with Crippen LogP contribution in [0.3, 0.4) is 0 Å². The lowest BCUT2D eigenvalue weighted by Gasteiger charge is -2.23. The van der Waals surface area contributed by atoms with E-state index in [0.717, 1.165) is 18.4 Å². The molecule has 0 atom stereocenters. The number of guanidine groups is 1. The summed E-state index contributed by atoms with van der Waals surface area (Å²) < 4.78 is 10.3. The molecule has 0 radical (unpaired) electrons. The Balaban J connectivity index is 0.00000264. The molecular formula is C16H26IN3O3. The van der Waals surface area contributed by atoms with Crippen LogP contribution in [0.1, 0.15) is 37.7 Å². The molecule has 4 N–H and O–H groups in total. The molecule has 1 fully saturated rings. The first-order valence-electron chi connectivity index (χ1n) is 7.64. The maximum Gasteiger partial charge on any atom is 0.200 e. The highest BCUT2D eigenvalue weighted by molar-refractivity contribution is 14.0. The number of phenols is 1. The number of nitrogens with zero attached hydrogens (tertiary/aromatic N) is 1. The van der Waals surface area contributed by atoms with Gasteiger partial charge in [-0.2, -0.15) is 0 Å². The largest absolute Gasteiger partial charge is 0.502 e. The first-order chi connectivity index (χ1) is 10.6. The molecule has 0 aromatic heterocycles. The van der Waals surface area contributed by atoms with E-state index >= 15 is 0 Å². The maximum absolute atomic E-state index is 9.88. The summed E-state index contributed by atoms with van der Waals surface area (Å²) in [5.74, 6) is 1.18. The zero-order chi connectivity index (χ0) is 15.9. The van der Waals surface area contributed by atoms with Crippen LogP contribution in [0.25, 0.3) is 0 Å². The predicted molar refractivity (Wildman–Crippen MR) is 102 cm³/mol. The number of phenolic OH excluding ortho intramolecular Hbond substituents is 1. The van der Waals surface area contributed by atoms with Crippen LogP contribution in [0.4, 0.5) is 0 Å². The quantitative estimate of drug-likeness (QED) is 0.376. The number of benzene rings is 1. The fraction of sp³-hybridized carbons (Fsp3) is 0.562. The molecule has 0 spiro atoms. The summed E-state index contributed by atoms with van der Waals surface area (Å²) in [7, 11) is 3.00. The number of hydrogen-bond acceptors (Lipinski definition) is 4. The van der Waals surface area contributed by atoms with Crippen LogP contribution in [0, 0.1) is 0 Å². The number of aromatic hydroxyl groups is 1. The molecule has 1 aromatic rings. The molecule has 130 valence electrons. The van der Waals surface area contributed by atoms with Gasteiger partial charge in [-0.05, 0) is 30.5 Å². The smallest absolute Gasteiger partial charge is 0.200 e. The third kappa shape index (κ3) is 5.63. The van der Waals surface area contributed by atoms with Gasteiger partial charge in [-0.3, -0.25) is 0 Å². The fourth-order valence-electron chi connectivity index (χ4n) is 2.72. The summed E-state index contributed by atoms with van der Waals surface area (Å²) in [6, 6.07) is 3.89. The van der Waals surface area contributed by atoms with E-state index in [2.05, 4.69) is 10.3 Å². The van der Waals surface area contributed by atoms with Gasteiger partial charge in [-0.1, -0.05) is 19.3 Å². The van der Waals surface area contributed by atoms with E-state index in [1.807, 2.05) is 0 Å². The van der Waals surface area contributed by atoms with Gasteiger partial charge in [0.05, 0.1) is 20.8 Å². The number of nitrogens with two attached hydrogens (primary N) is 1. The lowest BCUT2D eigenvalue weighted by atomic mass is 9.96. The predicted octanol–water partition coefficient (Wildman–Crippen LogP) is 2.76. The van der Waals surface area contributed by atoms with Gasteiger partial charge in [0, 0.05) is 6.04 Å².